The molecule has 0 atom stereocenters. The van der Waals surface area contributed by atoms with Gasteiger partial charge >= 0.3 is 13.4 Å². The minimum atomic E-state index is -0.497. The van der Waals surface area contributed by atoms with Crippen LogP contribution in [-0.2, 0) is 0 Å². The van der Waals surface area contributed by atoms with E-state index in [0.717, 1.165) is 8.75 Å². The predicted molar refractivity (Wildman–Crippen MR) is 35.7 cm³/mol. The third-order valence-corrected chi connectivity index (χ3v) is 1.47. The monoisotopic (exact) mass is 163 g/mol. The lowest BCUT2D eigenvalue weighted by molar-refractivity contribution is 0.230. The topological polar surface area (TPSA) is 23.6 Å². The molecule has 1 aliphatic rings. The molecule has 47 valence electrons. The molecular weight excluding hydrogens is 162 g/mol. The normalized spacial score (nSPS) is 18.9. The van der Waals surface area contributed by atoms with Crippen molar-refractivity contribution in [1.29, 1.82) is 0 Å². The summed E-state index contributed by atoms with van der Waals surface area (Å²) in [5.74, 6) is 0. The van der Waals surface area contributed by atoms with Crippen LogP contribution in [0.1, 0.15) is 0 Å². The van der Waals surface area contributed by atoms with E-state index in [0.29, 0.717) is 5.60 Å². The van der Waals surface area contributed by atoms with Gasteiger partial charge in [0.2, 0.25) is 0 Å². The minimum Gasteiger partial charge on any atom is -0.280 e. The lowest BCUT2D eigenvalue weighted by Crippen LogP contribution is -2.18. The van der Waals surface area contributed by atoms with Crippen LogP contribution >= 0.6 is 23.6 Å². The molecule has 9 heavy (non-hydrogen) atoms. The first-order chi connectivity index (χ1) is 4.13. The fourth-order valence-corrected chi connectivity index (χ4v) is 0.795. The van der Waals surface area contributed by atoms with Crippen molar-refractivity contribution in [3.8, 4) is 0 Å². The van der Waals surface area contributed by atoms with Gasteiger partial charge in [-0.2, -0.15) is 0 Å². The second-order valence-electron chi connectivity index (χ2n) is 1.50. The van der Waals surface area contributed by atoms with Gasteiger partial charge in [-0.05, 0) is 0 Å². The highest BCUT2D eigenvalue weighted by Gasteiger charge is 2.31. The highest BCUT2D eigenvalue weighted by Crippen LogP contribution is 2.18. The minimum absolute atomic E-state index is 0.372. The van der Waals surface area contributed by atoms with Crippen molar-refractivity contribution in [1.82, 2.24) is 8.75 Å². The number of amides is 2. The van der Waals surface area contributed by atoms with Gasteiger partial charge < -0.3 is 0 Å². The molecule has 1 fully saturated rings. The molecule has 1 heterocycles. The third-order valence-electron chi connectivity index (χ3n) is 0.865. The molecule has 0 aromatic carbocycles. The number of carbonyl (C=O) groups is 1. The summed E-state index contributed by atoms with van der Waals surface area (Å²) < 4.78 is 1.68. The van der Waals surface area contributed by atoms with Crippen molar-refractivity contribution < 1.29 is 4.79 Å². The van der Waals surface area contributed by atoms with Crippen LogP contribution < -0.4 is 0 Å². The van der Waals surface area contributed by atoms with E-state index in [4.69, 9.17) is 23.6 Å². The van der Waals surface area contributed by atoms with Gasteiger partial charge in [0.1, 0.15) is 0 Å². The van der Waals surface area contributed by atoms with Crippen LogP contribution in [0.2, 0.25) is 0 Å². The van der Waals surface area contributed by atoms with E-state index in [9.17, 15) is 4.79 Å². The van der Waals surface area contributed by atoms with Crippen LogP contribution in [0, 0.1) is 0 Å². The molecule has 0 aliphatic carbocycles. The number of hydrogen-bond acceptors (Lipinski definition) is 1. The fraction of sp³-hybridized carbons (Fsp3) is 0. The summed E-state index contributed by atoms with van der Waals surface area (Å²) >= 11 is 10.6. The van der Waals surface area contributed by atoms with Crippen molar-refractivity contribution in [2.24, 2.45) is 0 Å². The average Bonchev–Trinajstić information content (AvgIpc) is 1.98. The molecule has 0 bridgehead atoms. The molecule has 1 rings (SSSR count). The predicted octanol–water partition coefficient (Wildman–Crippen LogP) is 1.12. The van der Waals surface area contributed by atoms with E-state index >= 15 is 0 Å². The molecule has 0 saturated carbocycles. The molecule has 0 spiro atoms. The summed E-state index contributed by atoms with van der Waals surface area (Å²) in [6, 6.07) is -0.497. The van der Waals surface area contributed by atoms with Gasteiger partial charge in [0.05, 0.1) is 0 Å². The zero-order valence-corrected chi connectivity index (χ0v) is 5.85. The van der Waals surface area contributed by atoms with E-state index in [1.807, 2.05) is 0 Å². The van der Waals surface area contributed by atoms with Gasteiger partial charge in [0, 0.05) is 29.1 Å². The first kappa shape index (κ1) is 6.77. The number of urea groups is 1. The second kappa shape index (κ2) is 2.12. The Morgan fingerprint density at radius 1 is 1.56 bits per heavy atom. The molecule has 6 heteroatoms. The van der Waals surface area contributed by atoms with E-state index in [1.54, 1.807) is 0 Å². The van der Waals surface area contributed by atoms with Gasteiger partial charge in [0.25, 0.3) is 0 Å². The maximum absolute atomic E-state index is 10.6. The van der Waals surface area contributed by atoms with Crippen LogP contribution in [0.15, 0.2) is 12.2 Å². The zero-order chi connectivity index (χ0) is 7.02. The Labute approximate surface area is 63.3 Å². The van der Waals surface area contributed by atoms with Crippen LogP contribution in [-0.4, -0.2) is 22.2 Å². The molecule has 1 saturated heterocycles. The SMILES string of the molecule is C=C1[B]N(Cl)C(=O)N1Cl. The number of halogens is 2. The lowest BCUT2D eigenvalue weighted by Gasteiger charge is -2.03. The molecule has 0 aromatic heterocycles. The molecule has 2 amide bonds. The van der Waals surface area contributed by atoms with E-state index in [2.05, 4.69) is 6.58 Å². The molecule has 3 nitrogen and oxygen atoms in total. The Morgan fingerprint density at radius 3 is 2.22 bits per heavy atom. The van der Waals surface area contributed by atoms with Gasteiger partial charge in [-0.15, -0.1) is 0 Å². The summed E-state index contributed by atoms with van der Waals surface area (Å²) in [7, 11) is 1.33. The molecule has 1 radical (unpaired) electrons. The first-order valence-corrected chi connectivity index (χ1v) is 2.79. The van der Waals surface area contributed by atoms with Gasteiger partial charge in [-0.3, -0.25) is 4.33 Å². The Morgan fingerprint density at radius 2 is 2.11 bits per heavy atom. The largest absolute Gasteiger partial charge is 0.340 e. The van der Waals surface area contributed by atoms with Gasteiger partial charge in [-0.1, -0.05) is 6.58 Å². The van der Waals surface area contributed by atoms with Crippen LogP contribution in [0.5, 0.6) is 0 Å². The molecule has 0 unspecified atom stereocenters. The number of rotatable bonds is 0. The average molecular weight is 164 g/mol. The summed E-state index contributed by atoms with van der Waals surface area (Å²) in [4.78, 5) is 10.6. The summed E-state index contributed by atoms with van der Waals surface area (Å²) in [5.41, 5.74) is 0.372. The fourth-order valence-electron chi connectivity index (χ4n) is 0.443. The van der Waals surface area contributed by atoms with Crippen LogP contribution in [0.4, 0.5) is 4.79 Å². The molecule has 0 N–H and O–H groups in total. The maximum Gasteiger partial charge on any atom is 0.340 e. The smallest absolute Gasteiger partial charge is 0.280 e. The maximum atomic E-state index is 10.6. The van der Waals surface area contributed by atoms with Crippen molar-refractivity contribution in [3.63, 3.8) is 0 Å². The zero-order valence-electron chi connectivity index (χ0n) is 4.34. The van der Waals surface area contributed by atoms with Gasteiger partial charge in [-0.25, -0.2) is 9.21 Å². The van der Waals surface area contributed by atoms with Crippen molar-refractivity contribution in [2.45, 2.75) is 0 Å². The summed E-state index contributed by atoms with van der Waals surface area (Å²) in [6.45, 7) is 3.43. The van der Waals surface area contributed by atoms with Crippen molar-refractivity contribution in [2.75, 3.05) is 0 Å². The third kappa shape index (κ3) is 0.999. The molecular formula is C3H2BCl2N2O. The van der Waals surface area contributed by atoms with E-state index in [1.165, 1.54) is 7.41 Å². The quantitative estimate of drug-likeness (QED) is 0.388. The van der Waals surface area contributed by atoms with E-state index in [-0.39, 0.29) is 0 Å². The number of hydrogen-bond donors (Lipinski definition) is 0. The number of nitrogens with zero attached hydrogens (tertiary/aromatic N) is 2. The molecule has 1 aliphatic heterocycles. The van der Waals surface area contributed by atoms with Crippen molar-refractivity contribution >= 4 is 37.0 Å². The van der Waals surface area contributed by atoms with Crippen LogP contribution in [0.3, 0.4) is 0 Å². The Hall–Kier alpha value is -0.345. The Balaban J connectivity index is 2.77. The van der Waals surface area contributed by atoms with Crippen LogP contribution in [0.25, 0.3) is 0 Å². The Kier molecular flexibility index (Phi) is 1.59. The first-order valence-electron chi connectivity index (χ1n) is 2.11. The van der Waals surface area contributed by atoms with Crippen molar-refractivity contribution in [3.05, 3.63) is 12.2 Å². The number of carbonyl (C=O) groups excluding carboxylic acids is 1. The Bertz CT molecular complexity index is 173. The highest BCUT2D eigenvalue weighted by atomic mass is 35.5. The molecule has 0 aromatic rings. The highest BCUT2D eigenvalue weighted by molar-refractivity contribution is 6.61. The standard InChI is InChI=1S/C3H2BCl2N2O/c1-2-4-8(6)3(9)7(2)5/h1H2. The van der Waals surface area contributed by atoms with Gasteiger partial charge in [0.15, 0.2) is 0 Å². The second-order valence-corrected chi connectivity index (χ2v) is 2.20. The summed E-state index contributed by atoms with van der Waals surface area (Å²) in [5, 5.41) is 0. The van der Waals surface area contributed by atoms with E-state index < -0.39 is 6.03 Å². The lowest BCUT2D eigenvalue weighted by atomic mass is 9.93. The summed E-state index contributed by atoms with van der Waals surface area (Å²) in [6.07, 6.45) is 0.